The van der Waals surface area contributed by atoms with E-state index in [4.69, 9.17) is 0 Å². The van der Waals surface area contributed by atoms with Crippen LogP contribution in [0.25, 0.3) is 0 Å². The fraction of sp³-hybridized carbons (Fsp3) is 0.333. The molecule has 20 heavy (non-hydrogen) atoms. The average molecular weight is 274 g/mol. The molecule has 0 spiro atoms. The van der Waals surface area contributed by atoms with Gasteiger partial charge in [-0.15, -0.1) is 0 Å². The third kappa shape index (κ3) is 2.45. The minimum absolute atomic E-state index is 0.285. The summed E-state index contributed by atoms with van der Waals surface area (Å²) in [6.45, 7) is 0.895. The molecule has 8 heteroatoms. The van der Waals surface area contributed by atoms with Gasteiger partial charge in [0.2, 0.25) is 0 Å². The molecule has 1 fully saturated rings. The van der Waals surface area contributed by atoms with Crippen molar-refractivity contribution in [3.05, 3.63) is 36.5 Å². The highest BCUT2D eigenvalue weighted by Crippen LogP contribution is 2.17. The van der Waals surface area contributed by atoms with Gasteiger partial charge in [0.05, 0.1) is 18.3 Å². The number of amides is 1. The van der Waals surface area contributed by atoms with Gasteiger partial charge < -0.3 is 15.3 Å². The van der Waals surface area contributed by atoms with E-state index >= 15 is 0 Å². The lowest BCUT2D eigenvalue weighted by Crippen LogP contribution is -2.43. The van der Waals surface area contributed by atoms with Gasteiger partial charge in [0.1, 0.15) is 11.5 Å². The number of nitrogens with zero attached hydrogens (tertiary/aromatic N) is 4. The summed E-state index contributed by atoms with van der Waals surface area (Å²) in [5, 5.41) is 19.1. The Balaban J connectivity index is 1.66. The number of anilines is 1. The molecule has 0 saturated carbocycles. The maximum Gasteiger partial charge on any atom is 0.269 e. The first-order chi connectivity index (χ1) is 9.74. The van der Waals surface area contributed by atoms with Crippen LogP contribution in [0.5, 0.6) is 0 Å². The van der Waals surface area contributed by atoms with Crippen LogP contribution < -0.4 is 10.2 Å². The maximum atomic E-state index is 11.9. The summed E-state index contributed by atoms with van der Waals surface area (Å²) in [7, 11) is 0. The lowest BCUT2D eigenvalue weighted by Gasteiger charge is -2.16. The summed E-state index contributed by atoms with van der Waals surface area (Å²) < 4.78 is 0. The zero-order valence-corrected chi connectivity index (χ0v) is 10.6. The number of nitrogens with one attached hydrogen (secondary N) is 2. The summed E-state index contributed by atoms with van der Waals surface area (Å²) >= 11 is 0. The van der Waals surface area contributed by atoms with Crippen molar-refractivity contribution < 1.29 is 9.90 Å². The number of H-pyrrole nitrogens is 1. The molecule has 1 amide bonds. The Kier molecular flexibility index (Phi) is 3.30. The molecular weight excluding hydrogens is 260 g/mol. The molecule has 3 heterocycles. The molecule has 3 rings (SSSR count). The zero-order valence-electron chi connectivity index (χ0n) is 10.6. The van der Waals surface area contributed by atoms with Crippen molar-refractivity contribution in [2.45, 2.75) is 12.1 Å². The fourth-order valence-corrected chi connectivity index (χ4v) is 2.20. The number of aromatic nitrogens is 4. The number of hydrogen-bond donors (Lipinski definition) is 3. The van der Waals surface area contributed by atoms with Gasteiger partial charge in [0.25, 0.3) is 5.91 Å². The molecule has 1 saturated heterocycles. The topological polar surface area (TPSA) is 107 Å². The second kappa shape index (κ2) is 5.25. The van der Waals surface area contributed by atoms with Gasteiger partial charge in [-0.2, -0.15) is 5.10 Å². The van der Waals surface area contributed by atoms with Crippen LogP contribution in [-0.2, 0) is 0 Å². The number of aromatic amines is 1. The first kappa shape index (κ1) is 12.5. The van der Waals surface area contributed by atoms with E-state index in [9.17, 15) is 9.90 Å². The second-order valence-corrected chi connectivity index (χ2v) is 4.59. The lowest BCUT2D eigenvalue weighted by molar-refractivity contribution is 0.0883. The summed E-state index contributed by atoms with van der Waals surface area (Å²) in [6, 6.07) is 1.23. The molecule has 3 N–H and O–H groups in total. The van der Waals surface area contributed by atoms with E-state index in [1.807, 2.05) is 4.90 Å². The molecule has 0 aromatic carbocycles. The zero-order chi connectivity index (χ0) is 13.9. The fourth-order valence-electron chi connectivity index (χ4n) is 2.20. The predicted octanol–water partition coefficient (Wildman–Crippen LogP) is -0.821. The van der Waals surface area contributed by atoms with E-state index in [0.29, 0.717) is 24.6 Å². The third-order valence-corrected chi connectivity index (χ3v) is 3.22. The lowest BCUT2D eigenvalue weighted by atomic mass is 10.2. The van der Waals surface area contributed by atoms with Crippen molar-refractivity contribution in [3.8, 4) is 0 Å². The van der Waals surface area contributed by atoms with Crippen molar-refractivity contribution in [1.82, 2.24) is 25.5 Å². The van der Waals surface area contributed by atoms with Gasteiger partial charge >= 0.3 is 0 Å². The predicted molar refractivity (Wildman–Crippen MR) is 70.1 cm³/mol. The first-order valence-corrected chi connectivity index (χ1v) is 6.23. The van der Waals surface area contributed by atoms with Gasteiger partial charge in [-0.1, -0.05) is 0 Å². The minimum Gasteiger partial charge on any atom is -0.389 e. The highest BCUT2D eigenvalue weighted by Gasteiger charge is 2.33. The van der Waals surface area contributed by atoms with Crippen molar-refractivity contribution in [3.63, 3.8) is 0 Å². The Morgan fingerprint density at radius 2 is 2.30 bits per heavy atom. The van der Waals surface area contributed by atoms with Gasteiger partial charge in [-0.3, -0.25) is 14.9 Å². The molecule has 1 aliphatic rings. The smallest absolute Gasteiger partial charge is 0.269 e. The molecule has 0 bridgehead atoms. The van der Waals surface area contributed by atoms with E-state index in [2.05, 4.69) is 25.5 Å². The van der Waals surface area contributed by atoms with Crippen LogP contribution in [0.15, 0.2) is 30.9 Å². The molecule has 2 aromatic heterocycles. The first-order valence-electron chi connectivity index (χ1n) is 6.23. The molecule has 0 aliphatic carbocycles. The Bertz CT molecular complexity index is 573. The third-order valence-electron chi connectivity index (χ3n) is 3.22. The Labute approximate surface area is 114 Å². The number of carbonyl (C=O) groups is 1. The summed E-state index contributed by atoms with van der Waals surface area (Å²) in [6.07, 6.45) is 5.67. The standard InChI is InChI=1S/C12H14N6O2/c19-10-7-18(11-5-13-3-4-14-11)6-9(10)16-12(20)8-1-2-15-17-8/h1-5,9-10,19H,6-7H2,(H,15,17)(H,16,20)/t9-,10-/m1/s1. The molecule has 2 atom stereocenters. The Morgan fingerprint density at radius 1 is 1.40 bits per heavy atom. The van der Waals surface area contributed by atoms with Gasteiger partial charge in [-0.25, -0.2) is 4.98 Å². The molecule has 2 aromatic rings. The van der Waals surface area contributed by atoms with E-state index in [1.54, 1.807) is 24.7 Å². The van der Waals surface area contributed by atoms with Gasteiger partial charge in [0.15, 0.2) is 0 Å². The quantitative estimate of drug-likeness (QED) is 0.675. The highest BCUT2D eigenvalue weighted by atomic mass is 16.3. The van der Waals surface area contributed by atoms with E-state index in [0.717, 1.165) is 0 Å². The number of β-amino-alcohol motifs (C(OH)–C–C–N with tert-alkyl or cyclic N) is 1. The number of carbonyl (C=O) groups excluding carboxylic acids is 1. The molecular formula is C12H14N6O2. The van der Waals surface area contributed by atoms with E-state index in [-0.39, 0.29) is 11.9 Å². The van der Waals surface area contributed by atoms with Gasteiger partial charge in [0, 0.05) is 31.7 Å². The SMILES string of the molecule is O=C(N[C@@H]1CN(c2cnccn2)C[C@H]1O)c1ccn[nH]1. The molecule has 104 valence electrons. The molecule has 0 unspecified atom stereocenters. The van der Waals surface area contributed by atoms with Crippen LogP contribution in [0.3, 0.4) is 0 Å². The summed E-state index contributed by atoms with van der Waals surface area (Å²) in [5.74, 6) is 0.400. The molecule has 8 nitrogen and oxygen atoms in total. The number of rotatable bonds is 3. The maximum absolute atomic E-state index is 11.9. The summed E-state index contributed by atoms with van der Waals surface area (Å²) in [4.78, 5) is 22.0. The normalized spacial score (nSPS) is 21.9. The van der Waals surface area contributed by atoms with Crippen LogP contribution in [0.1, 0.15) is 10.5 Å². The van der Waals surface area contributed by atoms with Crippen molar-refractivity contribution in [2.24, 2.45) is 0 Å². The number of aliphatic hydroxyl groups excluding tert-OH is 1. The molecule has 0 radical (unpaired) electrons. The van der Waals surface area contributed by atoms with Crippen LogP contribution >= 0.6 is 0 Å². The van der Waals surface area contributed by atoms with Crippen molar-refractivity contribution >= 4 is 11.7 Å². The number of hydrogen-bond acceptors (Lipinski definition) is 6. The van der Waals surface area contributed by atoms with Crippen LogP contribution in [0, 0.1) is 0 Å². The van der Waals surface area contributed by atoms with Crippen LogP contribution in [0.2, 0.25) is 0 Å². The average Bonchev–Trinajstić information content (AvgIpc) is 3.10. The second-order valence-electron chi connectivity index (χ2n) is 4.59. The Morgan fingerprint density at radius 3 is 3.00 bits per heavy atom. The number of aliphatic hydroxyl groups is 1. The molecule has 1 aliphatic heterocycles. The largest absolute Gasteiger partial charge is 0.389 e. The van der Waals surface area contributed by atoms with Gasteiger partial charge in [-0.05, 0) is 6.07 Å². The van der Waals surface area contributed by atoms with Crippen molar-refractivity contribution in [1.29, 1.82) is 0 Å². The van der Waals surface area contributed by atoms with Crippen LogP contribution in [-0.4, -0.2) is 56.4 Å². The van der Waals surface area contributed by atoms with Crippen molar-refractivity contribution in [2.75, 3.05) is 18.0 Å². The minimum atomic E-state index is -0.649. The van der Waals surface area contributed by atoms with Crippen LogP contribution in [0.4, 0.5) is 5.82 Å². The summed E-state index contributed by atoms with van der Waals surface area (Å²) in [5.41, 5.74) is 0.371. The van der Waals surface area contributed by atoms with E-state index < -0.39 is 6.10 Å². The Hall–Kier alpha value is -2.48. The monoisotopic (exact) mass is 274 g/mol. The van der Waals surface area contributed by atoms with E-state index in [1.165, 1.54) is 6.20 Å². The highest BCUT2D eigenvalue weighted by molar-refractivity contribution is 5.92.